The van der Waals surface area contributed by atoms with Gasteiger partial charge in [0.25, 0.3) is 5.69 Å². The predicted octanol–water partition coefficient (Wildman–Crippen LogP) is 1.45. The molecular weight excluding hydrogens is 368 g/mol. The second-order valence-electron chi connectivity index (χ2n) is 5.23. The molecule has 1 amide bonds. The first kappa shape index (κ1) is 19.6. The van der Waals surface area contributed by atoms with Crippen LogP contribution in [0, 0.1) is 25.4 Å². The minimum Gasteiger partial charge on any atom is -0.569 e. The van der Waals surface area contributed by atoms with Crippen LogP contribution < -0.4 is 4.84 Å². The summed E-state index contributed by atoms with van der Waals surface area (Å²) in [7, 11) is 0. The van der Waals surface area contributed by atoms with Crippen molar-refractivity contribution in [1.29, 1.82) is 0 Å². The van der Waals surface area contributed by atoms with Crippen molar-refractivity contribution >= 4 is 17.5 Å². The van der Waals surface area contributed by atoms with E-state index in [4.69, 9.17) is 9.57 Å². The van der Waals surface area contributed by atoms with Crippen LogP contribution in [0.4, 0.5) is 16.2 Å². The first-order chi connectivity index (χ1) is 12.8. The Kier molecular flexibility index (Phi) is 6.24. The average Bonchev–Trinajstić information content (AvgIpc) is 2.66. The maximum Gasteiger partial charge on any atom is 0.409 e. The number of rotatable bonds is 6. The van der Waals surface area contributed by atoms with E-state index in [-0.39, 0.29) is 37.8 Å². The van der Waals surface area contributed by atoms with Gasteiger partial charge in [0.15, 0.2) is 0 Å². The molecule has 0 aliphatic carbocycles. The average molecular weight is 384 g/mol. The number of nitro benzene ring substituents is 2. The lowest BCUT2D eigenvalue weighted by molar-refractivity contribution is -0.708. The van der Waals surface area contributed by atoms with E-state index in [1.807, 2.05) is 0 Å². The number of ether oxygens (including phenoxy) is 1. The molecule has 0 saturated carbocycles. The third-order valence-electron chi connectivity index (χ3n) is 3.58. The van der Waals surface area contributed by atoms with Crippen molar-refractivity contribution < 1.29 is 29.2 Å². The lowest BCUT2D eigenvalue weighted by Gasteiger charge is -2.30. The van der Waals surface area contributed by atoms with Crippen LogP contribution >= 0.6 is 0 Å². The Morgan fingerprint density at radius 2 is 1.81 bits per heavy atom. The van der Waals surface area contributed by atoms with Crippen LogP contribution in [0.3, 0.4) is 0 Å². The molecule has 1 saturated heterocycles. The molecule has 0 atom stereocenters. The lowest BCUT2D eigenvalue weighted by atomic mass is 10.2. The fraction of sp³-hybridized carbons (Fsp3) is 0.462. The van der Waals surface area contributed by atoms with E-state index < -0.39 is 33.1 Å². The minimum atomic E-state index is -0.884. The SMILES string of the molecule is CCOC(=O)N1CCN(/[N+]([O-])=N\Oc2ccc([N+](=O)[O-])cc2[N+](=O)[O-])CC1. The summed E-state index contributed by atoms with van der Waals surface area (Å²) in [5, 5.41) is 38.1. The highest BCUT2D eigenvalue weighted by molar-refractivity contribution is 5.67. The third kappa shape index (κ3) is 4.90. The summed E-state index contributed by atoms with van der Waals surface area (Å²) < 4.78 is 4.86. The van der Waals surface area contributed by atoms with Crippen molar-refractivity contribution in [3.8, 4) is 5.75 Å². The van der Waals surface area contributed by atoms with E-state index in [2.05, 4.69) is 5.28 Å². The number of benzene rings is 1. The molecule has 0 spiro atoms. The first-order valence-electron chi connectivity index (χ1n) is 7.78. The molecule has 0 aromatic heterocycles. The molecule has 0 bridgehead atoms. The highest BCUT2D eigenvalue weighted by Gasteiger charge is 2.27. The predicted molar refractivity (Wildman–Crippen MR) is 86.6 cm³/mol. The second-order valence-corrected chi connectivity index (χ2v) is 5.23. The van der Waals surface area contributed by atoms with Crippen LogP contribution in [0.5, 0.6) is 5.75 Å². The number of non-ortho nitro benzene ring substituents is 1. The van der Waals surface area contributed by atoms with E-state index >= 15 is 0 Å². The molecule has 14 heteroatoms. The molecule has 146 valence electrons. The van der Waals surface area contributed by atoms with Crippen LogP contribution in [-0.2, 0) is 4.74 Å². The normalized spacial score (nSPS) is 14.6. The van der Waals surface area contributed by atoms with Gasteiger partial charge in [0.05, 0.1) is 40.6 Å². The van der Waals surface area contributed by atoms with Crippen molar-refractivity contribution in [3.63, 3.8) is 0 Å². The van der Waals surface area contributed by atoms with E-state index in [1.54, 1.807) is 6.92 Å². The summed E-state index contributed by atoms with van der Waals surface area (Å²) >= 11 is 0. The Labute approximate surface area is 152 Å². The van der Waals surface area contributed by atoms with E-state index in [1.165, 1.54) is 9.91 Å². The van der Waals surface area contributed by atoms with Crippen molar-refractivity contribution in [1.82, 2.24) is 9.91 Å². The molecular formula is C13H16N6O8. The molecule has 1 aromatic rings. The highest BCUT2D eigenvalue weighted by Crippen LogP contribution is 2.31. The van der Waals surface area contributed by atoms with Crippen LogP contribution in [0.15, 0.2) is 23.5 Å². The smallest absolute Gasteiger partial charge is 0.409 e. The van der Waals surface area contributed by atoms with E-state index in [9.17, 15) is 30.2 Å². The maximum absolute atomic E-state index is 12.0. The van der Waals surface area contributed by atoms with Crippen LogP contribution in [0.1, 0.15) is 6.92 Å². The molecule has 2 rings (SSSR count). The molecule has 1 fully saturated rings. The molecule has 14 nitrogen and oxygen atoms in total. The summed E-state index contributed by atoms with van der Waals surface area (Å²) in [6.07, 6.45) is -0.482. The maximum atomic E-state index is 12.0. The van der Waals surface area contributed by atoms with Gasteiger partial charge in [0.2, 0.25) is 11.0 Å². The second kappa shape index (κ2) is 8.59. The lowest BCUT2D eigenvalue weighted by Crippen LogP contribution is -2.50. The first-order valence-corrected chi connectivity index (χ1v) is 7.78. The molecule has 1 aliphatic rings. The monoisotopic (exact) mass is 384 g/mol. The zero-order valence-corrected chi connectivity index (χ0v) is 14.2. The van der Waals surface area contributed by atoms with Gasteiger partial charge < -0.3 is 14.8 Å². The number of nitrogens with zero attached hydrogens (tertiary/aromatic N) is 6. The quantitative estimate of drug-likeness (QED) is 0.305. The topological polar surface area (TPSA) is 167 Å². The molecule has 0 N–H and O–H groups in total. The Hall–Kier alpha value is -3.71. The van der Waals surface area contributed by atoms with Crippen molar-refractivity contribution in [3.05, 3.63) is 43.6 Å². The molecule has 27 heavy (non-hydrogen) atoms. The van der Waals surface area contributed by atoms with E-state index in [0.29, 0.717) is 6.07 Å². The Morgan fingerprint density at radius 1 is 1.15 bits per heavy atom. The molecule has 1 heterocycles. The van der Waals surface area contributed by atoms with Gasteiger partial charge in [0, 0.05) is 19.2 Å². The zero-order valence-electron chi connectivity index (χ0n) is 14.2. The van der Waals surface area contributed by atoms with Crippen LogP contribution in [-0.4, -0.2) is 63.6 Å². The van der Waals surface area contributed by atoms with Gasteiger partial charge >= 0.3 is 11.8 Å². The molecule has 1 aliphatic heterocycles. The number of hydrogen-bond acceptors (Lipinski definition) is 9. The number of carbonyl (C=O) groups excluding carboxylic acids is 1. The number of hydrogen-bond donors (Lipinski definition) is 0. The number of carbonyl (C=O) groups is 1. The van der Waals surface area contributed by atoms with Crippen molar-refractivity contribution in [2.24, 2.45) is 5.28 Å². The van der Waals surface area contributed by atoms with Gasteiger partial charge in [-0.3, -0.25) is 25.1 Å². The number of amides is 1. The Bertz CT molecular complexity index is 761. The number of piperazine rings is 1. The zero-order chi connectivity index (χ0) is 20.0. The number of hydrazine groups is 1. The largest absolute Gasteiger partial charge is 0.569 e. The molecule has 0 unspecified atom stereocenters. The summed E-state index contributed by atoms with van der Waals surface area (Å²) in [5.41, 5.74) is -1.20. The van der Waals surface area contributed by atoms with Gasteiger partial charge in [0.1, 0.15) is 0 Å². The van der Waals surface area contributed by atoms with Crippen molar-refractivity contribution in [2.75, 3.05) is 32.8 Å². The van der Waals surface area contributed by atoms with Crippen molar-refractivity contribution in [2.45, 2.75) is 6.92 Å². The van der Waals surface area contributed by atoms with Gasteiger partial charge in [-0.25, -0.2) is 4.79 Å². The fourth-order valence-corrected chi connectivity index (χ4v) is 2.23. The highest BCUT2D eigenvalue weighted by atomic mass is 16.7. The van der Waals surface area contributed by atoms with Crippen LogP contribution in [0.2, 0.25) is 0 Å². The Balaban J connectivity index is 2.03. The molecule has 1 aromatic carbocycles. The van der Waals surface area contributed by atoms with Gasteiger partial charge in [-0.15, -0.1) is 5.01 Å². The van der Waals surface area contributed by atoms with Gasteiger partial charge in [-0.05, 0) is 13.0 Å². The van der Waals surface area contributed by atoms with E-state index in [0.717, 1.165) is 12.1 Å². The summed E-state index contributed by atoms with van der Waals surface area (Å²) in [4.78, 5) is 37.9. The third-order valence-corrected chi connectivity index (χ3v) is 3.58. The van der Waals surface area contributed by atoms with Gasteiger partial charge in [-0.1, -0.05) is 0 Å². The van der Waals surface area contributed by atoms with Gasteiger partial charge in [-0.2, -0.15) is 0 Å². The minimum absolute atomic E-state index is 0.105. The fourth-order valence-electron chi connectivity index (χ4n) is 2.23. The summed E-state index contributed by atoms with van der Waals surface area (Å²) in [5.74, 6) is -0.420. The number of nitro groups is 2. The summed E-state index contributed by atoms with van der Waals surface area (Å²) in [6, 6.07) is 2.68. The summed E-state index contributed by atoms with van der Waals surface area (Å²) in [6.45, 7) is 2.68. The Morgan fingerprint density at radius 3 is 2.37 bits per heavy atom. The molecule has 0 radical (unpaired) electrons. The van der Waals surface area contributed by atoms with Crippen LogP contribution in [0.25, 0.3) is 0 Å². The standard InChI is InChI=1S/C13H16N6O8/c1-2-26-13(20)15-5-7-16(8-6-15)19(25)14-27-12-4-3-10(17(21)22)9-11(12)18(23)24/h3-4,9H,2,5-8H2,1H3/b19-14+.